The van der Waals surface area contributed by atoms with E-state index >= 15 is 0 Å². The molecule has 0 amide bonds. The molecule has 0 heterocycles. The van der Waals surface area contributed by atoms with Gasteiger partial charge in [-0.25, -0.2) is 0 Å². The lowest BCUT2D eigenvalue weighted by Gasteiger charge is -2.22. The number of rotatable bonds is 5. The third-order valence-corrected chi connectivity index (χ3v) is 4.62. The standard InChI is InChI=1S/C11H14NO3P/c1-14-16(13,15-2)11(8-9-12)10-6-4-3-5-7-10/h3-7,11H,8H2,1-2H3. The van der Waals surface area contributed by atoms with E-state index in [1.807, 2.05) is 36.4 Å². The van der Waals surface area contributed by atoms with Crippen LogP contribution in [-0.4, -0.2) is 14.2 Å². The third kappa shape index (κ3) is 2.70. The molecule has 0 saturated heterocycles. The molecule has 0 saturated carbocycles. The van der Waals surface area contributed by atoms with Crippen LogP contribution in [0.2, 0.25) is 0 Å². The number of nitriles is 1. The second-order valence-corrected chi connectivity index (χ2v) is 5.63. The number of benzene rings is 1. The molecule has 0 spiro atoms. The molecule has 5 heteroatoms. The molecule has 1 aromatic rings. The van der Waals surface area contributed by atoms with Crippen LogP contribution in [0.15, 0.2) is 30.3 Å². The van der Waals surface area contributed by atoms with E-state index in [9.17, 15) is 4.57 Å². The van der Waals surface area contributed by atoms with Gasteiger partial charge >= 0.3 is 7.60 Å². The second-order valence-electron chi connectivity index (χ2n) is 3.19. The van der Waals surface area contributed by atoms with Crippen LogP contribution < -0.4 is 0 Å². The lowest BCUT2D eigenvalue weighted by molar-refractivity contribution is 0.266. The number of hydrogen-bond donors (Lipinski definition) is 0. The highest BCUT2D eigenvalue weighted by molar-refractivity contribution is 7.54. The van der Waals surface area contributed by atoms with Gasteiger partial charge < -0.3 is 9.05 Å². The van der Waals surface area contributed by atoms with Gasteiger partial charge in [-0.3, -0.25) is 4.57 Å². The summed E-state index contributed by atoms with van der Waals surface area (Å²) in [5.41, 5.74) is 0.254. The Bertz CT molecular complexity index is 405. The third-order valence-electron chi connectivity index (χ3n) is 2.36. The molecule has 0 radical (unpaired) electrons. The van der Waals surface area contributed by atoms with Crippen molar-refractivity contribution in [1.82, 2.24) is 0 Å². The summed E-state index contributed by atoms with van der Waals surface area (Å²) < 4.78 is 22.1. The molecule has 0 aliphatic heterocycles. The highest BCUT2D eigenvalue weighted by Crippen LogP contribution is 2.61. The molecule has 1 unspecified atom stereocenters. The molecule has 0 N–H and O–H groups in total. The number of nitrogens with zero attached hydrogens (tertiary/aromatic N) is 1. The van der Waals surface area contributed by atoms with E-state index in [-0.39, 0.29) is 6.42 Å². The van der Waals surface area contributed by atoms with Crippen LogP contribution in [0.5, 0.6) is 0 Å². The van der Waals surface area contributed by atoms with Gasteiger partial charge in [0.2, 0.25) is 0 Å². The molecule has 4 nitrogen and oxygen atoms in total. The van der Waals surface area contributed by atoms with Gasteiger partial charge in [0.05, 0.1) is 18.1 Å². The van der Waals surface area contributed by atoms with E-state index in [4.69, 9.17) is 14.3 Å². The number of hydrogen-bond acceptors (Lipinski definition) is 4. The van der Waals surface area contributed by atoms with Gasteiger partial charge in [-0.2, -0.15) is 5.26 Å². The first-order chi connectivity index (χ1) is 7.68. The zero-order valence-corrected chi connectivity index (χ0v) is 10.2. The Morgan fingerprint density at radius 3 is 2.31 bits per heavy atom. The van der Waals surface area contributed by atoms with E-state index in [0.29, 0.717) is 0 Å². The van der Waals surface area contributed by atoms with Crippen molar-refractivity contribution in [1.29, 1.82) is 5.26 Å². The average molecular weight is 239 g/mol. The molecule has 0 fully saturated rings. The Morgan fingerprint density at radius 2 is 1.88 bits per heavy atom. The monoisotopic (exact) mass is 239 g/mol. The van der Waals surface area contributed by atoms with Crippen molar-refractivity contribution in [2.75, 3.05) is 14.2 Å². The van der Waals surface area contributed by atoms with Crippen LogP contribution in [0.4, 0.5) is 0 Å². The minimum Gasteiger partial charge on any atom is -0.311 e. The Morgan fingerprint density at radius 1 is 1.31 bits per heavy atom. The van der Waals surface area contributed by atoms with Gasteiger partial charge in [0.25, 0.3) is 0 Å². The first-order valence-corrected chi connectivity index (χ1v) is 6.42. The summed E-state index contributed by atoms with van der Waals surface area (Å²) in [5.74, 6) is 0. The van der Waals surface area contributed by atoms with E-state index in [1.165, 1.54) is 14.2 Å². The predicted molar refractivity (Wildman–Crippen MR) is 61.0 cm³/mol. The fraction of sp³-hybridized carbons (Fsp3) is 0.364. The molecule has 0 bridgehead atoms. The zero-order valence-electron chi connectivity index (χ0n) is 9.29. The summed E-state index contributed by atoms with van der Waals surface area (Å²) in [6, 6.07) is 11.1. The van der Waals surface area contributed by atoms with Crippen LogP contribution in [-0.2, 0) is 13.6 Å². The van der Waals surface area contributed by atoms with Crippen LogP contribution in [0.3, 0.4) is 0 Å². The molecule has 0 aliphatic carbocycles. The summed E-state index contributed by atoms with van der Waals surface area (Å²) in [4.78, 5) is 0. The minimum absolute atomic E-state index is 0.100. The predicted octanol–water partition coefficient (Wildman–Crippen LogP) is 3.13. The zero-order chi connectivity index (χ0) is 12.0. The molecule has 16 heavy (non-hydrogen) atoms. The van der Waals surface area contributed by atoms with Crippen LogP contribution >= 0.6 is 7.60 Å². The molecule has 1 atom stereocenters. The Balaban J connectivity index is 3.10. The smallest absolute Gasteiger partial charge is 0.311 e. The minimum atomic E-state index is -3.25. The quantitative estimate of drug-likeness (QED) is 0.740. The van der Waals surface area contributed by atoms with Crippen molar-refractivity contribution in [2.45, 2.75) is 12.1 Å². The molecular formula is C11H14NO3P. The Hall–Kier alpha value is -1.14. The largest absolute Gasteiger partial charge is 0.338 e. The molecule has 86 valence electrons. The van der Waals surface area contributed by atoms with E-state index < -0.39 is 13.3 Å². The van der Waals surface area contributed by atoms with Gasteiger partial charge in [-0.05, 0) is 5.56 Å². The Labute approximate surface area is 95.3 Å². The first kappa shape index (κ1) is 12.9. The van der Waals surface area contributed by atoms with Crippen LogP contribution in [0.1, 0.15) is 17.6 Å². The molecular weight excluding hydrogens is 225 g/mol. The topological polar surface area (TPSA) is 59.3 Å². The van der Waals surface area contributed by atoms with E-state index in [1.54, 1.807) is 0 Å². The summed E-state index contributed by atoms with van der Waals surface area (Å²) in [6.45, 7) is 0. The molecule has 1 rings (SSSR count). The van der Waals surface area contributed by atoms with Crippen LogP contribution in [0, 0.1) is 11.3 Å². The van der Waals surface area contributed by atoms with Gasteiger partial charge in [-0.1, -0.05) is 30.3 Å². The highest BCUT2D eigenvalue weighted by atomic mass is 31.2. The lowest BCUT2D eigenvalue weighted by atomic mass is 10.1. The molecule has 1 aromatic carbocycles. The molecule has 0 aromatic heterocycles. The second kappa shape index (κ2) is 5.81. The van der Waals surface area contributed by atoms with Crippen molar-refractivity contribution >= 4 is 7.60 Å². The Kier molecular flexibility index (Phi) is 4.70. The maximum atomic E-state index is 12.2. The average Bonchev–Trinajstić information content (AvgIpc) is 2.36. The fourth-order valence-corrected chi connectivity index (χ4v) is 3.00. The van der Waals surface area contributed by atoms with Gasteiger partial charge in [0.15, 0.2) is 0 Å². The lowest BCUT2D eigenvalue weighted by Crippen LogP contribution is -2.03. The van der Waals surface area contributed by atoms with E-state index in [0.717, 1.165) is 5.56 Å². The van der Waals surface area contributed by atoms with Crippen molar-refractivity contribution in [3.63, 3.8) is 0 Å². The van der Waals surface area contributed by atoms with Crippen molar-refractivity contribution in [3.05, 3.63) is 35.9 Å². The maximum absolute atomic E-state index is 12.2. The van der Waals surface area contributed by atoms with E-state index in [2.05, 4.69) is 0 Å². The maximum Gasteiger partial charge on any atom is 0.338 e. The van der Waals surface area contributed by atoms with Crippen LogP contribution in [0.25, 0.3) is 0 Å². The first-order valence-electron chi connectivity index (χ1n) is 4.81. The summed E-state index contributed by atoms with van der Waals surface area (Å²) >= 11 is 0. The van der Waals surface area contributed by atoms with Crippen molar-refractivity contribution in [3.8, 4) is 6.07 Å². The van der Waals surface area contributed by atoms with Crippen molar-refractivity contribution < 1.29 is 13.6 Å². The highest BCUT2D eigenvalue weighted by Gasteiger charge is 2.34. The summed E-state index contributed by atoms with van der Waals surface area (Å²) in [5, 5.41) is 8.77. The SMILES string of the molecule is COP(=O)(OC)C(CC#N)c1ccccc1. The normalized spacial score (nSPS) is 13.1. The summed E-state index contributed by atoms with van der Waals surface area (Å²) in [6.07, 6.45) is 0.100. The van der Waals surface area contributed by atoms with Gasteiger partial charge in [-0.15, -0.1) is 0 Å². The van der Waals surface area contributed by atoms with Gasteiger partial charge in [0.1, 0.15) is 0 Å². The molecule has 0 aliphatic rings. The van der Waals surface area contributed by atoms with Gasteiger partial charge in [0, 0.05) is 14.2 Å². The fourth-order valence-electron chi connectivity index (χ4n) is 1.50. The van der Waals surface area contributed by atoms with Crippen molar-refractivity contribution in [2.24, 2.45) is 0 Å². The summed E-state index contributed by atoms with van der Waals surface area (Å²) in [7, 11) is -0.590.